The molecule has 26 heavy (non-hydrogen) atoms. The van der Waals surface area contributed by atoms with Gasteiger partial charge in [-0.3, -0.25) is 0 Å². The molecule has 4 N–H and O–H groups in total. The van der Waals surface area contributed by atoms with Crippen LogP contribution in [0.2, 0.25) is 0 Å². The molecular formula is C17H25N4O4S+. The van der Waals surface area contributed by atoms with Crippen LogP contribution in [0.25, 0.3) is 0 Å². The molecule has 1 aromatic heterocycles. The Labute approximate surface area is 156 Å². The number of hydrogen-bond donors (Lipinski definition) is 4. The number of anilines is 1. The largest absolute Gasteiger partial charge is 0.408 e. The number of aromatic nitrogens is 1. The van der Waals surface area contributed by atoms with E-state index in [1.165, 1.54) is 11.3 Å². The van der Waals surface area contributed by atoms with Crippen molar-refractivity contribution in [2.75, 3.05) is 31.2 Å². The van der Waals surface area contributed by atoms with Gasteiger partial charge in [-0.15, -0.1) is 0 Å². The Hall–Kier alpha value is -1.91. The van der Waals surface area contributed by atoms with Gasteiger partial charge in [0.1, 0.15) is 11.9 Å². The second-order valence-corrected chi connectivity index (χ2v) is 6.92. The third kappa shape index (κ3) is 5.55. The number of azo groups is 1. The van der Waals surface area contributed by atoms with Crippen LogP contribution >= 0.6 is 11.3 Å². The standard InChI is InChI=1S/C17H25N4O4S/c1-12-7-13(21(8-14(24)10-22)9-15(25)11-23)3-4-16(12)18-19-17-20(2)5-6-26-17/h3-7,14-15,22-25H,8-11H2,1-2H3/q+1. The molecule has 0 saturated carbocycles. The van der Waals surface area contributed by atoms with Gasteiger partial charge in [-0.05, 0) is 47.1 Å². The summed E-state index contributed by atoms with van der Waals surface area (Å²) in [6.07, 6.45) is 0.0185. The van der Waals surface area contributed by atoms with E-state index in [9.17, 15) is 10.2 Å². The Morgan fingerprint density at radius 3 is 2.27 bits per heavy atom. The predicted molar refractivity (Wildman–Crippen MR) is 99.2 cm³/mol. The summed E-state index contributed by atoms with van der Waals surface area (Å²) in [5.41, 5.74) is 2.35. The highest BCUT2D eigenvalue weighted by Crippen LogP contribution is 2.27. The van der Waals surface area contributed by atoms with E-state index < -0.39 is 12.2 Å². The molecule has 0 fully saturated rings. The molecule has 9 heteroatoms. The smallest absolute Gasteiger partial charge is 0.394 e. The first-order valence-corrected chi connectivity index (χ1v) is 9.10. The first-order chi connectivity index (χ1) is 12.4. The molecule has 0 aliphatic carbocycles. The summed E-state index contributed by atoms with van der Waals surface area (Å²) in [7, 11) is 1.90. The molecule has 2 unspecified atom stereocenters. The Morgan fingerprint density at radius 2 is 1.77 bits per heavy atom. The van der Waals surface area contributed by atoms with Crippen molar-refractivity contribution in [3.05, 3.63) is 35.3 Å². The zero-order valence-corrected chi connectivity index (χ0v) is 15.7. The van der Waals surface area contributed by atoms with Crippen molar-refractivity contribution >= 4 is 27.8 Å². The average Bonchev–Trinajstić information content (AvgIpc) is 3.04. The van der Waals surface area contributed by atoms with Gasteiger partial charge in [0.05, 0.1) is 37.6 Å². The van der Waals surface area contributed by atoms with E-state index in [1.54, 1.807) is 4.90 Å². The zero-order valence-electron chi connectivity index (χ0n) is 14.9. The molecule has 0 bridgehead atoms. The van der Waals surface area contributed by atoms with Gasteiger partial charge in [-0.1, -0.05) is 0 Å². The summed E-state index contributed by atoms with van der Waals surface area (Å²) in [5.74, 6) is 0. The van der Waals surface area contributed by atoms with Crippen molar-refractivity contribution in [2.24, 2.45) is 17.3 Å². The molecule has 0 aliphatic rings. The minimum absolute atomic E-state index is 0.138. The highest BCUT2D eigenvalue weighted by atomic mass is 32.1. The Morgan fingerprint density at radius 1 is 1.12 bits per heavy atom. The minimum atomic E-state index is -0.945. The van der Waals surface area contributed by atoms with Gasteiger partial charge in [0.25, 0.3) is 0 Å². The van der Waals surface area contributed by atoms with Crippen LogP contribution in [0, 0.1) is 6.92 Å². The van der Waals surface area contributed by atoms with E-state index >= 15 is 0 Å². The summed E-state index contributed by atoms with van der Waals surface area (Å²) >= 11 is 1.49. The number of benzene rings is 1. The number of aryl methyl sites for hydroxylation is 2. The van der Waals surface area contributed by atoms with Crippen molar-refractivity contribution in [1.82, 2.24) is 0 Å². The number of aliphatic hydroxyl groups excluding tert-OH is 4. The van der Waals surface area contributed by atoms with E-state index in [4.69, 9.17) is 10.2 Å². The van der Waals surface area contributed by atoms with E-state index in [0.717, 1.165) is 16.4 Å². The maximum atomic E-state index is 9.74. The number of aliphatic hydroxyl groups is 4. The third-order valence-corrected chi connectivity index (χ3v) is 4.67. The molecule has 0 saturated heterocycles. The topological polar surface area (TPSA) is 113 Å². The Balaban J connectivity index is 2.20. The van der Waals surface area contributed by atoms with Gasteiger partial charge in [-0.2, -0.15) is 0 Å². The molecule has 2 atom stereocenters. The fraction of sp³-hybridized carbons (Fsp3) is 0.471. The summed E-state index contributed by atoms with van der Waals surface area (Å²) < 4.78 is 1.88. The molecule has 0 spiro atoms. The molecule has 8 nitrogen and oxygen atoms in total. The lowest BCUT2D eigenvalue weighted by molar-refractivity contribution is -0.654. The fourth-order valence-electron chi connectivity index (χ4n) is 2.38. The molecule has 0 amide bonds. The van der Waals surface area contributed by atoms with Crippen molar-refractivity contribution in [1.29, 1.82) is 0 Å². The molecule has 0 aliphatic heterocycles. The van der Waals surface area contributed by atoms with Crippen LogP contribution in [0.4, 0.5) is 16.5 Å². The second kappa shape index (κ2) is 9.70. The maximum absolute atomic E-state index is 9.74. The average molecular weight is 381 g/mol. The van der Waals surface area contributed by atoms with Gasteiger partial charge in [-0.25, -0.2) is 4.57 Å². The molecule has 142 valence electrons. The second-order valence-electron chi connectivity index (χ2n) is 6.05. The van der Waals surface area contributed by atoms with Crippen LogP contribution in [-0.4, -0.2) is 58.9 Å². The molecule has 0 radical (unpaired) electrons. The quantitative estimate of drug-likeness (QED) is 0.379. The first kappa shape index (κ1) is 20.4. The Bertz CT molecular complexity index is 725. The van der Waals surface area contributed by atoms with Gasteiger partial charge < -0.3 is 25.3 Å². The number of hydrogen-bond acceptors (Lipinski definition) is 8. The highest BCUT2D eigenvalue weighted by Gasteiger charge is 2.17. The predicted octanol–water partition coefficient (Wildman–Crippen LogP) is 0.809. The number of nitrogens with zero attached hydrogens (tertiary/aromatic N) is 4. The van der Waals surface area contributed by atoms with Crippen molar-refractivity contribution in [2.45, 2.75) is 19.1 Å². The third-order valence-electron chi connectivity index (χ3n) is 3.83. The lowest BCUT2D eigenvalue weighted by Gasteiger charge is -2.28. The maximum Gasteiger partial charge on any atom is 0.408 e. The van der Waals surface area contributed by atoms with E-state index in [2.05, 4.69) is 10.2 Å². The van der Waals surface area contributed by atoms with Crippen LogP contribution in [-0.2, 0) is 7.05 Å². The Kier molecular flexibility index (Phi) is 7.61. The van der Waals surface area contributed by atoms with Crippen molar-refractivity contribution < 1.29 is 25.0 Å². The summed E-state index contributed by atoms with van der Waals surface area (Å²) in [4.78, 5) is 1.72. The van der Waals surface area contributed by atoms with E-state index in [-0.39, 0.29) is 26.3 Å². The summed E-state index contributed by atoms with van der Waals surface area (Å²) in [5, 5.41) is 48.9. The zero-order chi connectivity index (χ0) is 19.1. The summed E-state index contributed by atoms with van der Waals surface area (Å²) in [6, 6.07) is 5.49. The highest BCUT2D eigenvalue weighted by molar-refractivity contribution is 7.12. The molecule has 2 rings (SSSR count). The SMILES string of the molecule is Cc1cc(N(CC(O)CO)CC(O)CO)ccc1N=Nc1scc[n+]1C. The molecule has 1 aromatic carbocycles. The van der Waals surface area contributed by atoms with Crippen LogP contribution < -0.4 is 9.47 Å². The van der Waals surface area contributed by atoms with Gasteiger partial charge in [0, 0.05) is 24.2 Å². The minimum Gasteiger partial charge on any atom is -0.394 e. The monoisotopic (exact) mass is 381 g/mol. The molecule has 2 aromatic rings. The lowest BCUT2D eigenvalue weighted by atomic mass is 10.1. The fourth-order valence-corrected chi connectivity index (χ4v) is 3.06. The number of rotatable bonds is 9. The van der Waals surface area contributed by atoms with Gasteiger partial charge in [0.15, 0.2) is 0 Å². The van der Waals surface area contributed by atoms with E-state index in [0.29, 0.717) is 5.69 Å². The van der Waals surface area contributed by atoms with Crippen molar-refractivity contribution in [3.63, 3.8) is 0 Å². The van der Waals surface area contributed by atoms with Crippen LogP contribution in [0.5, 0.6) is 0 Å². The first-order valence-electron chi connectivity index (χ1n) is 8.23. The van der Waals surface area contributed by atoms with E-state index in [1.807, 2.05) is 48.3 Å². The molecule has 1 heterocycles. The van der Waals surface area contributed by atoms with Crippen molar-refractivity contribution in [3.8, 4) is 0 Å². The normalized spacial score (nSPS) is 13.9. The van der Waals surface area contributed by atoms with Crippen LogP contribution in [0.3, 0.4) is 0 Å². The number of thiazole rings is 1. The van der Waals surface area contributed by atoms with Crippen LogP contribution in [0.15, 0.2) is 40.0 Å². The van der Waals surface area contributed by atoms with Gasteiger partial charge >= 0.3 is 5.13 Å². The van der Waals surface area contributed by atoms with Gasteiger partial charge in [0.2, 0.25) is 0 Å². The lowest BCUT2D eigenvalue weighted by Crippen LogP contribution is -2.40. The summed E-state index contributed by atoms with van der Waals surface area (Å²) in [6.45, 7) is 1.41. The molecular weight excluding hydrogens is 356 g/mol. The van der Waals surface area contributed by atoms with Crippen LogP contribution in [0.1, 0.15) is 5.56 Å².